The minimum Gasteiger partial charge on any atom is -0.493 e. The van der Waals surface area contributed by atoms with Crippen molar-refractivity contribution in [2.24, 2.45) is 0 Å². The van der Waals surface area contributed by atoms with Gasteiger partial charge in [0.1, 0.15) is 5.56 Å². The topological polar surface area (TPSA) is 81.9 Å². The lowest BCUT2D eigenvalue weighted by molar-refractivity contribution is -0.385. The molecule has 32 heavy (non-hydrogen) atoms. The highest BCUT2D eigenvalue weighted by atomic mass is 79.9. The summed E-state index contributed by atoms with van der Waals surface area (Å²) in [5, 5.41) is 12.8. The Hall–Kier alpha value is -1.13. The fourth-order valence-electron chi connectivity index (χ4n) is 3.78. The molecule has 1 aliphatic heterocycles. The summed E-state index contributed by atoms with van der Waals surface area (Å²) in [6.45, 7) is 5.28. The van der Waals surface area contributed by atoms with Gasteiger partial charge >= 0.3 is 0 Å². The molecule has 180 valence electrons. The zero-order valence-corrected chi connectivity index (χ0v) is 22.2. The summed E-state index contributed by atoms with van der Waals surface area (Å²) in [5.74, 6) is 2.27. The number of unbranched alkanes of at least 4 members (excludes halogenated alkanes) is 2. The number of alkyl halides is 1. The molecule has 1 fully saturated rings. The molecule has 1 aliphatic rings. The lowest BCUT2D eigenvalue weighted by Gasteiger charge is -2.31. The Bertz CT molecular complexity index is 762. The maximum atomic E-state index is 13.5. The minimum absolute atomic E-state index is 0.0622. The van der Waals surface area contributed by atoms with Gasteiger partial charge in [0.05, 0.1) is 35.3 Å². The van der Waals surface area contributed by atoms with Gasteiger partial charge in [-0.25, -0.2) is 0 Å². The normalized spacial score (nSPS) is 15.9. The number of benzene rings is 1. The average molecular weight is 550 g/mol. The third-order valence-corrected chi connectivity index (χ3v) is 8.61. The minimum atomic E-state index is -0.505. The summed E-state index contributed by atoms with van der Waals surface area (Å²) in [6.07, 6.45) is 4.69. The lowest BCUT2D eigenvalue weighted by Crippen LogP contribution is -2.41. The fraction of sp³-hybridized carbons (Fsp3) is 0.682. The summed E-state index contributed by atoms with van der Waals surface area (Å²) in [5.41, 5.74) is -0.174. The maximum Gasteiger partial charge on any atom is 0.286 e. The quantitative estimate of drug-likeness (QED) is 0.0928. The first-order valence-corrected chi connectivity index (χ1v) is 14.3. The molecule has 0 N–H and O–H groups in total. The second kappa shape index (κ2) is 14.2. The molecule has 2 rings (SSSR count). The Kier molecular flexibility index (Phi) is 12.0. The highest BCUT2D eigenvalue weighted by molar-refractivity contribution is 9.09. The zero-order valence-electron chi connectivity index (χ0n) is 19.0. The summed E-state index contributed by atoms with van der Waals surface area (Å²) in [6, 6.07) is 2.87. The van der Waals surface area contributed by atoms with E-state index in [1.165, 1.54) is 19.2 Å². The van der Waals surface area contributed by atoms with E-state index in [2.05, 4.69) is 29.8 Å². The first kappa shape index (κ1) is 27.1. The number of nitro benzene ring substituents is 1. The number of thioether (sulfide) groups is 2. The first-order chi connectivity index (χ1) is 15.5. The number of ether oxygens (including phenoxy) is 2. The van der Waals surface area contributed by atoms with Crippen LogP contribution in [0.1, 0.15) is 56.3 Å². The van der Waals surface area contributed by atoms with Gasteiger partial charge in [0.15, 0.2) is 11.5 Å². The number of nitro groups is 1. The van der Waals surface area contributed by atoms with Gasteiger partial charge in [0.25, 0.3) is 11.6 Å². The number of methoxy groups -OCH3 is 1. The Morgan fingerprint density at radius 3 is 2.56 bits per heavy atom. The number of rotatable bonds is 14. The van der Waals surface area contributed by atoms with Gasteiger partial charge in [0.2, 0.25) is 0 Å². The van der Waals surface area contributed by atoms with Crippen LogP contribution in [-0.2, 0) is 0 Å². The molecule has 0 unspecified atom stereocenters. The Labute approximate surface area is 207 Å². The molecule has 0 spiro atoms. The van der Waals surface area contributed by atoms with Crippen LogP contribution in [0.25, 0.3) is 0 Å². The van der Waals surface area contributed by atoms with Crippen LogP contribution >= 0.6 is 39.5 Å². The van der Waals surface area contributed by atoms with E-state index < -0.39 is 4.92 Å². The van der Waals surface area contributed by atoms with Crippen LogP contribution in [-0.4, -0.2) is 63.5 Å². The molecular weight excluding hydrogens is 516 g/mol. The number of carbonyl (C=O) groups is 1. The van der Waals surface area contributed by atoms with Crippen LogP contribution in [0.3, 0.4) is 0 Å². The smallest absolute Gasteiger partial charge is 0.286 e. The summed E-state index contributed by atoms with van der Waals surface area (Å²) in [4.78, 5) is 26.7. The second-order valence-electron chi connectivity index (χ2n) is 7.36. The summed E-state index contributed by atoms with van der Waals surface area (Å²) >= 11 is 7.07. The number of amides is 1. The number of nitrogens with zero attached hydrogens (tertiary/aromatic N) is 2. The molecule has 7 nitrogen and oxygen atoms in total. The van der Waals surface area contributed by atoms with Crippen molar-refractivity contribution < 1.29 is 19.2 Å². The van der Waals surface area contributed by atoms with Crippen molar-refractivity contribution in [2.75, 3.05) is 37.1 Å². The summed E-state index contributed by atoms with van der Waals surface area (Å²) in [7, 11) is 1.48. The molecule has 10 heteroatoms. The number of carbonyl (C=O) groups excluding carboxylic acids is 1. The van der Waals surface area contributed by atoms with Crippen molar-refractivity contribution in [3.05, 3.63) is 27.8 Å². The Morgan fingerprint density at radius 1 is 1.25 bits per heavy atom. The zero-order chi connectivity index (χ0) is 23.5. The highest BCUT2D eigenvalue weighted by Gasteiger charge is 2.38. The molecule has 1 amide bonds. The average Bonchev–Trinajstić information content (AvgIpc) is 3.27. The van der Waals surface area contributed by atoms with Gasteiger partial charge in [-0.3, -0.25) is 14.9 Å². The lowest BCUT2D eigenvalue weighted by atomic mass is 10.1. The van der Waals surface area contributed by atoms with Gasteiger partial charge in [-0.1, -0.05) is 29.8 Å². The van der Waals surface area contributed by atoms with E-state index >= 15 is 0 Å². The molecular formula is C22H33BrN2O5S2. The molecule has 1 aromatic rings. The van der Waals surface area contributed by atoms with Crippen LogP contribution in [0.15, 0.2) is 12.1 Å². The van der Waals surface area contributed by atoms with Gasteiger partial charge < -0.3 is 14.4 Å². The molecule has 0 saturated carbocycles. The third-order valence-electron chi connectivity index (χ3n) is 5.28. The monoisotopic (exact) mass is 548 g/mol. The molecule has 0 aromatic heterocycles. The van der Waals surface area contributed by atoms with Crippen molar-refractivity contribution in [2.45, 2.75) is 56.6 Å². The number of hydrogen-bond acceptors (Lipinski definition) is 7. The van der Waals surface area contributed by atoms with Crippen molar-refractivity contribution in [3.8, 4) is 11.5 Å². The van der Waals surface area contributed by atoms with E-state index in [9.17, 15) is 14.9 Å². The Balaban J connectivity index is 2.30. The van der Waals surface area contributed by atoms with Crippen LogP contribution < -0.4 is 9.47 Å². The van der Waals surface area contributed by atoms with Gasteiger partial charge in [0, 0.05) is 17.9 Å². The fourth-order valence-corrected chi connectivity index (χ4v) is 7.05. The molecule has 1 heterocycles. The van der Waals surface area contributed by atoms with E-state index in [-0.39, 0.29) is 27.8 Å². The van der Waals surface area contributed by atoms with Crippen LogP contribution in [0, 0.1) is 10.1 Å². The maximum absolute atomic E-state index is 13.5. The van der Waals surface area contributed by atoms with E-state index in [1.54, 1.807) is 0 Å². The molecule has 1 saturated heterocycles. The molecule has 0 bridgehead atoms. The predicted octanol–water partition coefficient (Wildman–Crippen LogP) is 5.98. The highest BCUT2D eigenvalue weighted by Crippen LogP contribution is 2.39. The number of halogens is 1. The predicted molar refractivity (Wildman–Crippen MR) is 137 cm³/mol. The van der Waals surface area contributed by atoms with Gasteiger partial charge in [-0.2, -0.15) is 0 Å². The molecule has 0 aliphatic carbocycles. The molecule has 1 aromatic carbocycles. The van der Waals surface area contributed by atoms with E-state index in [0.717, 1.165) is 48.9 Å². The first-order valence-electron chi connectivity index (χ1n) is 11.1. The van der Waals surface area contributed by atoms with Crippen LogP contribution in [0.2, 0.25) is 0 Å². The summed E-state index contributed by atoms with van der Waals surface area (Å²) < 4.78 is 11.5. The van der Waals surface area contributed by atoms with Crippen LogP contribution in [0.5, 0.6) is 11.5 Å². The SMILES string of the molecule is CCSC(SCC)[C@@H]1CCCN1C(=O)c1cc(OC)c(OCCCCCBr)cc1[N+](=O)[O-]. The number of likely N-dealkylation sites (tertiary alicyclic amines) is 1. The van der Waals surface area contributed by atoms with Crippen molar-refractivity contribution in [1.82, 2.24) is 4.90 Å². The van der Waals surface area contributed by atoms with Gasteiger partial charge in [-0.15, -0.1) is 23.5 Å². The molecule has 0 radical (unpaired) electrons. The third kappa shape index (κ3) is 7.18. The van der Waals surface area contributed by atoms with Crippen molar-refractivity contribution >= 4 is 51.0 Å². The van der Waals surface area contributed by atoms with Crippen LogP contribution in [0.4, 0.5) is 5.69 Å². The molecule has 1 atom stereocenters. The van der Waals surface area contributed by atoms with E-state index in [4.69, 9.17) is 9.47 Å². The van der Waals surface area contributed by atoms with E-state index in [0.29, 0.717) is 24.7 Å². The largest absolute Gasteiger partial charge is 0.493 e. The van der Waals surface area contributed by atoms with E-state index in [1.807, 2.05) is 28.4 Å². The van der Waals surface area contributed by atoms with Gasteiger partial charge in [-0.05, 0) is 43.6 Å². The van der Waals surface area contributed by atoms with Crippen molar-refractivity contribution in [3.63, 3.8) is 0 Å². The van der Waals surface area contributed by atoms with Crippen molar-refractivity contribution in [1.29, 1.82) is 0 Å². The standard InChI is InChI=1S/C22H33BrN2O5S2/c1-4-31-22(32-5-2)17-10-9-12-24(17)21(26)16-14-19(29-3)20(15-18(16)25(27)28)30-13-8-6-7-11-23/h14-15,17,22H,4-13H2,1-3H3/t17-/m0/s1. The number of hydrogen-bond donors (Lipinski definition) is 0. The Morgan fingerprint density at radius 2 is 1.97 bits per heavy atom. The second-order valence-corrected chi connectivity index (χ2v) is 11.3.